The van der Waals surface area contributed by atoms with Gasteiger partial charge in [-0.1, -0.05) is 23.8 Å². The van der Waals surface area contributed by atoms with Gasteiger partial charge in [0.2, 0.25) is 0 Å². The molecule has 2 fully saturated rings. The Balaban J connectivity index is 1.52. The van der Waals surface area contributed by atoms with E-state index in [4.69, 9.17) is 14.2 Å². The van der Waals surface area contributed by atoms with E-state index in [2.05, 4.69) is 6.58 Å². The van der Waals surface area contributed by atoms with Crippen molar-refractivity contribution >= 4 is 5.97 Å². The van der Waals surface area contributed by atoms with Crippen molar-refractivity contribution in [3.05, 3.63) is 34.9 Å². The van der Waals surface area contributed by atoms with Crippen LogP contribution in [0.4, 0.5) is 0 Å². The van der Waals surface area contributed by atoms with Gasteiger partial charge in [0, 0.05) is 11.5 Å². The second kappa shape index (κ2) is 8.16. The first kappa shape index (κ1) is 21.6. The number of carbonyl (C=O) groups is 1. The van der Waals surface area contributed by atoms with Crippen molar-refractivity contribution in [3.8, 4) is 0 Å². The molecule has 0 amide bonds. The van der Waals surface area contributed by atoms with Crippen LogP contribution in [0.25, 0.3) is 0 Å². The lowest BCUT2D eigenvalue weighted by molar-refractivity contribution is -0.299. The molecular formula is C21H28O9. The molecule has 30 heavy (non-hydrogen) atoms. The predicted octanol–water partition coefficient (Wildman–Crippen LogP) is -1.07. The summed E-state index contributed by atoms with van der Waals surface area (Å²) in [5.74, 6) is -1.30. The van der Waals surface area contributed by atoms with Gasteiger partial charge in [-0.15, -0.1) is 0 Å². The first-order valence-electron chi connectivity index (χ1n) is 10.1. The van der Waals surface area contributed by atoms with Crippen LogP contribution < -0.4 is 0 Å². The molecule has 0 aromatic carbocycles. The van der Waals surface area contributed by atoms with Gasteiger partial charge in [-0.3, -0.25) is 0 Å². The van der Waals surface area contributed by atoms with E-state index < -0.39 is 61.4 Å². The summed E-state index contributed by atoms with van der Waals surface area (Å²) in [7, 11) is 0. The monoisotopic (exact) mass is 424 g/mol. The smallest absolute Gasteiger partial charge is 0.334 e. The zero-order chi connectivity index (χ0) is 21.7. The average molecular weight is 424 g/mol. The van der Waals surface area contributed by atoms with Crippen LogP contribution >= 0.6 is 0 Å². The Labute approximate surface area is 173 Å². The van der Waals surface area contributed by atoms with Crippen LogP contribution in [-0.2, 0) is 19.0 Å². The van der Waals surface area contributed by atoms with E-state index in [9.17, 15) is 30.3 Å². The van der Waals surface area contributed by atoms with Gasteiger partial charge in [0.05, 0.1) is 25.2 Å². The summed E-state index contributed by atoms with van der Waals surface area (Å²) in [5.41, 5.74) is 3.18. The van der Waals surface area contributed by atoms with Crippen LogP contribution in [0.5, 0.6) is 0 Å². The Morgan fingerprint density at radius 1 is 1.20 bits per heavy atom. The Hall–Kier alpha value is -1.59. The summed E-state index contributed by atoms with van der Waals surface area (Å²) in [6.07, 6.45) is -5.09. The van der Waals surface area contributed by atoms with Crippen molar-refractivity contribution < 1.29 is 44.5 Å². The highest BCUT2D eigenvalue weighted by Gasteiger charge is 2.52. The van der Waals surface area contributed by atoms with Gasteiger partial charge in [-0.25, -0.2) is 4.79 Å². The van der Waals surface area contributed by atoms with E-state index in [1.165, 1.54) is 0 Å². The molecule has 9 atom stereocenters. The summed E-state index contributed by atoms with van der Waals surface area (Å²) in [4.78, 5) is 12.1. The molecule has 9 heteroatoms. The molecule has 0 aromatic rings. The molecule has 0 bridgehead atoms. The maximum atomic E-state index is 12.1. The number of aliphatic hydroxyl groups is 5. The summed E-state index contributed by atoms with van der Waals surface area (Å²) < 4.78 is 16.7. The first-order valence-corrected chi connectivity index (χ1v) is 10.1. The number of esters is 1. The van der Waals surface area contributed by atoms with Crippen molar-refractivity contribution in [1.29, 1.82) is 0 Å². The zero-order valence-corrected chi connectivity index (χ0v) is 16.7. The molecule has 0 unspecified atom stereocenters. The number of rotatable bonds is 4. The Morgan fingerprint density at radius 2 is 1.93 bits per heavy atom. The normalized spacial score (nSPS) is 43.8. The third-order valence-electron chi connectivity index (χ3n) is 6.69. The second-order valence-electron chi connectivity index (χ2n) is 8.47. The summed E-state index contributed by atoms with van der Waals surface area (Å²) >= 11 is 0. The number of aliphatic hydroxyl groups excluding tert-OH is 5. The van der Waals surface area contributed by atoms with Gasteiger partial charge < -0.3 is 39.7 Å². The molecule has 0 aromatic heterocycles. The van der Waals surface area contributed by atoms with Gasteiger partial charge in [-0.2, -0.15) is 0 Å². The average Bonchev–Trinajstić information content (AvgIpc) is 3.23. The highest BCUT2D eigenvalue weighted by Crippen LogP contribution is 2.48. The molecule has 4 aliphatic rings. The molecule has 0 spiro atoms. The van der Waals surface area contributed by atoms with Crippen LogP contribution in [0, 0.1) is 11.8 Å². The molecule has 0 radical (unpaired) electrons. The van der Waals surface area contributed by atoms with E-state index in [0.717, 1.165) is 16.7 Å². The van der Waals surface area contributed by atoms with E-state index >= 15 is 0 Å². The highest BCUT2D eigenvalue weighted by atomic mass is 16.7. The molecule has 166 valence electrons. The van der Waals surface area contributed by atoms with Crippen molar-refractivity contribution in [2.45, 2.75) is 62.7 Å². The fourth-order valence-electron chi connectivity index (χ4n) is 5.01. The minimum absolute atomic E-state index is 0.0213. The fraction of sp³-hybridized carbons (Fsp3) is 0.667. The Bertz CT molecular complexity index is 785. The van der Waals surface area contributed by atoms with Gasteiger partial charge in [0.15, 0.2) is 6.29 Å². The summed E-state index contributed by atoms with van der Waals surface area (Å²) in [6.45, 7) is 5.24. The van der Waals surface area contributed by atoms with E-state index in [1.807, 2.05) is 13.0 Å². The van der Waals surface area contributed by atoms with Gasteiger partial charge in [0.25, 0.3) is 0 Å². The first-order chi connectivity index (χ1) is 14.2. The van der Waals surface area contributed by atoms with E-state index in [1.54, 1.807) is 0 Å². The molecule has 4 rings (SSSR count). The third kappa shape index (κ3) is 3.44. The van der Waals surface area contributed by atoms with Crippen molar-refractivity contribution in [2.75, 3.05) is 13.2 Å². The number of fused-ring (bicyclic) bond motifs is 3. The Morgan fingerprint density at radius 3 is 2.63 bits per heavy atom. The third-order valence-corrected chi connectivity index (χ3v) is 6.69. The van der Waals surface area contributed by atoms with Crippen LogP contribution in [0.15, 0.2) is 34.9 Å². The maximum absolute atomic E-state index is 12.1. The second-order valence-corrected chi connectivity index (χ2v) is 8.47. The summed E-state index contributed by atoms with van der Waals surface area (Å²) in [5, 5.41) is 50.0. The van der Waals surface area contributed by atoms with E-state index in [-0.39, 0.29) is 18.1 Å². The van der Waals surface area contributed by atoms with Crippen molar-refractivity contribution in [1.82, 2.24) is 0 Å². The molecule has 0 saturated carbocycles. The number of ether oxygens (including phenoxy) is 3. The molecule has 2 aliphatic heterocycles. The van der Waals surface area contributed by atoms with Crippen LogP contribution in [0.1, 0.15) is 19.8 Å². The highest BCUT2D eigenvalue weighted by molar-refractivity contribution is 5.91. The molecule has 2 aliphatic carbocycles. The van der Waals surface area contributed by atoms with Gasteiger partial charge in [0.1, 0.15) is 30.5 Å². The minimum Gasteiger partial charge on any atom is -0.457 e. The van der Waals surface area contributed by atoms with Crippen molar-refractivity contribution in [3.63, 3.8) is 0 Å². The Kier molecular flexibility index (Phi) is 5.88. The number of carbonyl (C=O) groups excluding carboxylic acids is 1. The van der Waals surface area contributed by atoms with Gasteiger partial charge >= 0.3 is 5.97 Å². The maximum Gasteiger partial charge on any atom is 0.334 e. The van der Waals surface area contributed by atoms with Crippen LogP contribution in [0.2, 0.25) is 0 Å². The lowest BCUT2D eigenvalue weighted by Crippen LogP contribution is -2.59. The van der Waals surface area contributed by atoms with E-state index in [0.29, 0.717) is 12.8 Å². The largest absolute Gasteiger partial charge is 0.457 e. The fourth-order valence-corrected chi connectivity index (χ4v) is 5.01. The molecule has 5 N–H and O–H groups in total. The van der Waals surface area contributed by atoms with Gasteiger partial charge in [-0.05, 0) is 25.3 Å². The molecular weight excluding hydrogens is 396 g/mol. The zero-order valence-electron chi connectivity index (χ0n) is 16.7. The topological polar surface area (TPSA) is 146 Å². The summed E-state index contributed by atoms with van der Waals surface area (Å²) in [6, 6.07) is 0. The quantitative estimate of drug-likeness (QED) is 0.216. The number of hydrogen-bond acceptors (Lipinski definition) is 9. The van der Waals surface area contributed by atoms with Crippen LogP contribution in [0.3, 0.4) is 0 Å². The minimum atomic E-state index is -1.52. The predicted molar refractivity (Wildman–Crippen MR) is 102 cm³/mol. The molecule has 2 saturated heterocycles. The van der Waals surface area contributed by atoms with Crippen molar-refractivity contribution in [2.24, 2.45) is 11.8 Å². The number of allylic oxidation sites excluding steroid dienone is 1. The lowest BCUT2D eigenvalue weighted by atomic mass is 9.82. The lowest BCUT2D eigenvalue weighted by Gasteiger charge is -2.39. The SMILES string of the molecule is C=C1C(=O)O[C@@H]2[C@H]3C(CO[C@@H]4O[C@H](CO)[C@@H](O)[C@H](O)[C@H]4O)=CCC3=C(C)C[C@H](O)[C@@H]12. The number of hydrogen-bond donors (Lipinski definition) is 5. The standard InChI is InChI=1S/C21H28O9/c1-8-5-12(23)14-9(2)20(27)30-19(14)15-10(3-4-11(8)15)7-28-21-18(26)17(25)16(24)13(6-22)29-21/h3,12-19,21-26H,2,4-7H2,1H3/t12-,13+,14+,15-,16+,17-,18+,19-,21+/m0/s1. The van der Waals surface area contributed by atoms with Crippen LogP contribution in [-0.4, -0.2) is 87.6 Å². The molecule has 2 heterocycles. The molecule has 9 nitrogen and oxygen atoms in total.